The van der Waals surface area contributed by atoms with Crippen molar-refractivity contribution in [2.24, 2.45) is 17.6 Å². The lowest BCUT2D eigenvalue weighted by Crippen LogP contribution is -2.32. The maximum Gasteiger partial charge on any atom is 0.00443 e. The van der Waals surface area contributed by atoms with E-state index >= 15 is 0 Å². The molecule has 0 aromatic heterocycles. The van der Waals surface area contributed by atoms with Crippen LogP contribution in [0.15, 0.2) is 18.2 Å². The molecule has 90 valence electrons. The topological polar surface area (TPSA) is 26.0 Å². The molecule has 16 heavy (non-hydrogen) atoms. The van der Waals surface area contributed by atoms with Crippen molar-refractivity contribution in [2.75, 3.05) is 0 Å². The van der Waals surface area contributed by atoms with Gasteiger partial charge in [0.25, 0.3) is 0 Å². The second kappa shape index (κ2) is 5.49. The van der Waals surface area contributed by atoms with Gasteiger partial charge < -0.3 is 5.73 Å². The predicted octanol–water partition coefficient (Wildman–Crippen LogP) is 3.47. The van der Waals surface area contributed by atoms with Crippen LogP contribution < -0.4 is 5.73 Å². The highest BCUT2D eigenvalue weighted by atomic mass is 14.6. The molecule has 1 nitrogen and oxygen atoms in total. The van der Waals surface area contributed by atoms with Crippen molar-refractivity contribution < 1.29 is 0 Å². The Hall–Kier alpha value is -0.820. The van der Waals surface area contributed by atoms with Gasteiger partial charge in [-0.1, -0.05) is 37.6 Å². The molecule has 1 rings (SSSR count). The van der Waals surface area contributed by atoms with E-state index in [0.717, 1.165) is 6.42 Å². The monoisotopic (exact) mass is 219 g/mol. The molecule has 0 radical (unpaired) electrons. The standard InChI is InChI=1S/C15H25N/c1-10(2)15(13(5)16)9-14-8-11(3)6-7-12(14)4/h6-8,10,13,15H,9,16H2,1-5H3. The van der Waals surface area contributed by atoms with Gasteiger partial charge in [0, 0.05) is 6.04 Å². The van der Waals surface area contributed by atoms with E-state index in [-0.39, 0.29) is 6.04 Å². The molecule has 0 heterocycles. The quantitative estimate of drug-likeness (QED) is 0.824. The van der Waals surface area contributed by atoms with Gasteiger partial charge in [0.05, 0.1) is 0 Å². The van der Waals surface area contributed by atoms with Gasteiger partial charge in [-0.15, -0.1) is 0 Å². The first-order valence-electron chi connectivity index (χ1n) is 6.23. The average Bonchev–Trinajstić information content (AvgIpc) is 2.18. The highest BCUT2D eigenvalue weighted by molar-refractivity contribution is 5.31. The number of hydrogen-bond donors (Lipinski definition) is 1. The van der Waals surface area contributed by atoms with E-state index < -0.39 is 0 Å². The highest BCUT2D eigenvalue weighted by Gasteiger charge is 2.19. The van der Waals surface area contributed by atoms with E-state index in [0.29, 0.717) is 11.8 Å². The fourth-order valence-corrected chi connectivity index (χ4v) is 2.30. The van der Waals surface area contributed by atoms with Crippen LogP contribution in [0.1, 0.15) is 37.5 Å². The fourth-order valence-electron chi connectivity index (χ4n) is 2.30. The Morgan fingerprint density at radius 1 is 1.12 bits per heavy atom. The SMILES string of the molecule is Cc1ccc(C)c(CC(C(C)C)C(C)N)c1. The molecule has 2 unspecified atom stereocenters. The van der Waals surface area contributed by atoms with Gasteiger partial charge in [0.15, 0.2) is 0 Å². The smallest absolute Gasteiger partial charge is 0.00443 e. The zero-order valence-corrected chi connectivity index (χ0v) is 11.2. The molecule has 2 N–H and O–H groups in total. The first-order valence-corrected chi connectivity index (χ1v) is 6.23. The van der Waals surface area contributed by atoms with Crippen LogP contribution in [0, 0.1) is 25.7 Å². The summed E-state index contributed by atoms with van der Waals surface area (Å²) in [6.45, 7) is 11.0. The molecule has 0 spiro atoms. The van der Waals surface area contributed by atoms with Crippen molar-refractivity contribution in [3.63, 3.8) is 0 Å². The second-order valence-electron chi connectivity index (χ2n) is 5.40. The normalized spacial score (nSPS) is 15.2. The summed E-state index contributed by atoms with van der Waals surface area (Å²) in [6, 6.07) is 6.95. The number of benzene rings is 1. The first-order chi connectivity index (χ1) is 7.41. The molecule has 0 aliphatic rings. The fraction of sp³-hybridized carbons (Fsp3) is 0.600. The molecule has 0 bridgehead atoms. The Kier molecular flexibility index (Phi) is 4.55. The molecule has 1 aromatic rings. The summed E-state index contributed by atoms with van der Waals surface area (Å²) < 4.78 is 0. The third-order valence-corrected chi connectivity index (χ3v) is 3.49. The van der Waals surface area contributed by atoms with Crippen LogP contribution in [0.2, 0.25) is 0 Å². The lowest BCUT2D eigenvalue weighted by molar-refractivity contribution is 0.329. The molecular weight excluding hydrogens is 194 g/mol. The van der Waals surface area contributed by atoms with Crippen LogP contribution in [0.25, 0.3) is 0 Å². The van der Waals surface area contributed by atoms with Crippen molar-refractivity contribution in [2.45, 2.75) is 47.1 Å². The van der Waals surface area contributed by atoms with Gasteiger partial charge in [-0.3, -0.25) is 0 Å². The summed E-state index contributed by atoms with van der Waals surface area (Å²) in [5.74, 6) is 1.21. The van der Waals surface area contributed by atoms with E-state index in [1.807, 2.05) is 0 Å². The minimum atomic E-state index is 0.264. The summed E-state index contributed by atoms with van der Waals surface area (Å²) in [6.07, 6.45) is 1.10. The molecule has 0 amide bonds. The lowest BCUT2D eigenvalue weighted by atomic mass is 9.83. The van der Waals surface area contributed by atoms with Gasteiger partial charge >= 0.3 is 0 Å². The Labute approximate surface area is 100 Å². The molecule has 0 aliphatic carbocycles. The Balaban J connectivity index is 2.89. The molecule has 0 saturated carbocycles. The maximum atomic E-state index is 6.07. The molecule has 0 fully saturated rings. The van der Waals surface area contributed by atoms with E-state index in [9.17, 15) is 0 Å². The van der Waals surface area contributed by atoms with Crippen molar-refractivity contribution in [3.8, 4) is 0 Å². The third-order valence-electron chi connectivity index (χ3n) is 3.49. The largest absolute Gasteiger partial charge is 0.328 e. The molecule has 2 atom stereocenters. The second-order valence-corrected chi connectivity index (χ2v) is 5.40. The van der Waals surface area contributed by atoms with Crippen molar-refractivity contribution in [1.29, 1.82) is 0 Å². The first kappa shape index (κ1) is 13.2. The van der Waals surface area contributed by atoms with E-state index in [1.165, 1.54) is 16.7 Å². The predicted molar refractivity (Wildman–Crippen MR) is 71.6 cm³/mol. The Morgan fingerprint density at radius 3 is 2.25 bits per heavy atom. The maximum absolute atomic E-state index is 6.07. The average molecular weight is 219 g/mol. The van der Waals surface area contributed by atoms with Crippen LogP contribution in [-0.2, 0) is 6.42 Å². The summed E-state index contributed by atoms with van der Waals surface area (Å²) >= 11 is 0. The van der Waals surface area contributed by atoms with Crippen molar-refractivity contribution >= 4 is 0 Å². The van der Waals surface area contributed by atoms with Crippen LogP contribution in [-0.4, -0.2) is 6.04 Å². The van der Waals surface area contributed by atoms with Gasteiger partial charge in [-0.05, 0) is 50.2 Å². The van der Waals surface area contributed by atoms with Crippen molar-refractivity contribution in [1.82, 2.24) is 0 Å². The summed E-state index contributed by atoms with van der Waals surface area (Å²) in [5, 5.41) is 0. The number of aryl methyl sites for hydroxylation is 2. The van der Waals surface area contributed by atoms with Crippen LogP contribution in [0.3, 0.4) is 0 Å². The number of rotatable bonds is 4. The van der Waals surface area contributed by atoms with Crippen molar-refractivity contribution in [3.05, 3.63) is 34.9 Å². The Bertz CT molecular complexity index is 331. The molecule has 1 heteroatoms. The molecule has 0 aliphatic heterocycles. The van der Waals surface area contributed by atoms with Gasteiger partial charge in [-0.25, -0.2) is 0 Å². The zero-order chi connectivity index (χ0) is 12.3. The molecule has 1 aromatic carbocycles. The van der Waals surface area contributed by atoms with E-state index in [4.69, 9.17) is 5.73 Å². The minimum Gasteiger partial charge on any atom is -0.328 e. The number of nitrogens with two attached hydrogens (primary N) is 1. The van der Waals surface area contributed by atoms with E-state index in [1.54, 1.807) is 0 Å². The lowest BCUT2D eigenvalue weighted by Gasteiger charge is -2.25. The van der Waals surface area contributed by atoms with Gasteiger partial charge in [0.1, 0.15) is 0 Å². The molecular formula is C15H25N. The third kappa shape index (κ3) is 3.34. The Morgan fingerprint density at radius 2 is 1.75 bits per heavy atom. The van der Waals surface area contributed by atoms with Crippen LogP contribution in [0.4, 0.5) is 0 Å². The summed E-state index contributed by atoms with van der Waals surface area (Å²) in [7, 11) is 0. The highest BCUT2D eigenvalue weighted by Crippen LogP contribution is 2.22. The summed E-state index contributed by atoms with van der Waals surface area (Å²) in [4.78, 5) is 0. The molecule has 0 saturated heterocycles. The van der Waals surface area contributed by atoms with E-state index in [2.05, 4.69) is 52.8 Å². The van der Waals surface area contributed by atoms with Gasteiger partial charge in [0.2, 0.25) is 0 Å². The van der Waals surface area contributed by atoms with Crippen LogP contribution >= 0.6 is 0 Å². The zero-order valence-electron chi connectivity index (χ0n) is 11.2. The van der Waals surface area contributed by atoms with Crippen LogP contribution in [0.5, 0.6) is 0 Å². The van der Waals surface area contributed by atoms with Gasteiger partial charge in [-0.2, -0.15) is 0 Å². The summed E-state index contributed by atoms with van der Waals surface area (Å²) in [5.41, 5.74) is 10.3. The number of hydrogen-bond acceptors (Lipinski definition) is 1. The minimum absolute atomic E-state index is 0.264.